The Morgan fingerprint density at radius 1 is 1.39 bits per heavy atom. The number of hydrogen-bond donors (Lipinski definition) is 2. The molecule has 1 aliphatic heterocycles. The van der Waals surface area contributed by atoms with Gasteiger partial charge in [0, 0.05) is 17.0 Å². The molecule has 0 aromatic heterocycles. The monoisotopic (exact) mass is 330 g/mol. The summed E-state index contributed by atoms with van der Waals surface area (Å²) < 4.78 is 0. The second kappa shape index (κ2) is 7.21. The van der Waals surface area contributed by atoms with Gasteiger partial charge in [0.05, 0.1) is 10.9 Å². The number of anilines is 1. The third-order valence-electron chi connectivity index (χ3n) is 4.29. The van der Waals surface area contributed by atoms with Crippen LogP contribution < -0.4 is 10.6 Å². The normalized spacial score (nSPS) is 20.3. The highest BCUT2D eigenvalue weighted by Crippen LogP contribution is 2.35. The number of hydrogen-bond acceptors (Lipinski definition) is 3. The van der Waals surface area contributed by atoms with Crippen LogP contribution in [-0.4, -0.2) is 23.6 Å². The van der Waals surface area contributed by atoms with Crippen LogP contribution in [0.1, 0.15) is 49.4 Å². The maximum Gasteiger partial charge on any atom is 0.251 e. The van der Waals surface area contributed by atoms with Crippen LogP contribution in [0.5, 0.6) is 0 Å². The van der Waals surface area contributed by atoms with E-state index in [2.05, 4.69) is 16.7 Å². The van der Waals surface area contributed by atoms with E-state index < -0.39 is 0 Å². The molecule has 122 valence electrons. The van der Waals surface area contributed by atoms with Crippen molar-refractivity contribution in [3.63, 3.8) is 0 Å². The zero-order valence-corrected chi connectivity index (χ0v) is 14.2. The Kier molecular flexibility index (Phi) is 5.06. The van der Waals surface area contributed by atoms with Crippen molar-refractivity contribution in [3.05, 3.63) is 35.4 Å². The van der Waals surface area contributed by atoms with Gasteiger partial charge in [0.2, 0.25) is 5.91 Å². The lowest BCUT2D eigenvalue weighted by Crippen LogP contribution is -2.28. The predicted octanol–water partition coefficient (Wildman–Crippen LogP) is 3.74. The summed E-state index contributed by atoms with van der Waals surface area (Å²) in [5, 5.41) is 5.75. The zero-order valence-electron chi connectivity index (χ0n) is 13.4. The minimum Gasteiger partial charge on any atom is -0.352 e. The molecule has 2 aliphatic rings. The third-order valence-corrected chi connectivity index (χ3v) is 5.47. The van der Waals surface area contributed by atoms with Crippen LogP contribution >= 0.6 is 11.8 Å². The standard InChI is InChI=1S/C18H22N2O2S/c1-12-17(21)20-15-11-14(7-8-16(15)23-12)18(22)19-10-9-13-5-3-2-4-6-13/h5,7-8,11-12H,2-4,6,9-10H2,1H3,(H,19,22)(H,20,21). The first kappa shape index (κ1) is 16.1. The number of nitrogens with one attached hydrogen (secondary N) is 2. The molecule has 0 saturated carbocycles. The van der Waals surface area contributed by atoms with E-state index in [-0.39, 0.29) is 17.1 Å². The molecule has 0 bridgehead atoms. The number of benzene rings is 1. The maximum absolute atomic E-state index is 12.3. The minimum absolute atomic E-state index is 0.00991. The number of thioether (sulfide) groups is 1. The van der Waals surface area contributed by atoms with Gasteiger partial charge in [0.1, 0.15) is 0 Å². The predicted molar refractivity (Wildman–Crippen MR) is 93.9 cm³/mol. The fraction of sp³-hybridized carbons (Fsp3) is 0.444. The van der Waals surface area contributed by atoms with E-state index in [0.29, 0.717) is 12.1 Å². The molecule has 2 amide bonds. The van der Waals surface area contributed by atoms with E-state index in [9.17, 15) is 9.59 Å². The molecule has 1 aliphatic carbocycles. The molecule has 1 aromatic carbocycles. The molecule has 5 heteroatoms. The molecule has 0 radical (unpaired) electrons. The first-order valence-electron chi connectivity index (χ1n) is 8.21. The Labute approximate surface area is 141 Å². The van der Waals surface area contributed by atoms with E-state index in [0.717, 1.165) is 23.4 Å². The Bertz CT molecular complexity index is 654. The van der Waals surface area contributed by atoms with Crippen molar-refractivity contribution in [3.8, 4) is 0 Å². The smallest absolute Gasteiger partial charge is 0.251 e. The van der Waals surface area contributed by atoms with Crippen LogP contribution in [0, 0.1) is 0 Å². The zero-order chi connectivity index (χ0) is 16.2. The summed E-state index contributed by atoms with van der Waals surface area (Å²) in [7, 11) is 0. The second-order valence-corrected chi connectivity index (χ2v) is 7.46. The van der Waals surface area contributed by atoms with Gasteiger partial charge in [0.15, 0.2) is 0 Å². The molecule has 1 aromatic rings. The van der Waals surface area contributed by atoms with E-state index in [1.165, 1.54) is 36.6 Å². The summed E-state index contributed by atoms with van der Waals surface area (Å²) in [5.74, 6) is -0.0913. The van der Waals surface area contributed by atoms with Gasteiger partial charge in [-0.25, -0.2) is 0 Å². The molecule has 1 unspecified atom stereocenters. The quantitative estimate of drug-likeness (QED) is 0.827. The van der Waals surface area contributed by atoms with E-state index in [1.54, 1.807) is 6.07 Å². The summed E-state index contributed by atoms with van der Waals surface area (Å²) >= 11 is 1.53. The van der Waals surface area contributed by atoms with Crippen molar-refractivity contribution in [2.45, 2.75) is 49.2 Å². The molecule has 1 heterocycles. The number of carbonyl (C=O) groups excluding carboxylic acids is 2. The number of fused-ring (bicyclic) bond motifs is 1. The lowest BCUT2D eigenvalue weighted by Gasteiger charge is -2.21. The van der Waals surface area contributed by atoms with Crippen LogP contribution in [-0.2, 0) is 4.79 Å². The number of rotatable bonds is 4. The number of carbonyl (C=O) groups is 2. The van der Waals surface area contributed by atoms with Crippen molar-refractivity contribution >= 4 is 29.3 Å². The van der Waals surface area contributed by atoms with Crippen molar-refractivity contribution in [1.82, 2.24) is 5.32 Å². The van der Waals surface area contributed by atoms with Gasteiger partial charge >= 0.3 is 0 Å². The highest BCUT2D eigenvalue weighted by molar-refractivity contribution is 8.00. The molecule has 0 saturated heterocycles. The van der Waals surface area contributed by atoms with Gasteiger partial charge in [-0.3, -0.25) is 9.59 Å². The molecule has 3 rings (SSSR count). The average molecular weight is 330 g/mol. The summed E-state index contributed by atoms with van der Waals surface area (Å²) in [5.41, 5.74) is 2.79. The van der Waals surface area contributed by atoms with E-state index in [1.807, 2.05) is 19.1 Å². The summed E-state index contributed by atoms with van der Waals surface area (Å²) in [4.78, 5) is 25.0. The molecule has 1 atom stereocenters. The van der Waals surface area contributed by atoms with E-state index >= 15 is 0 Å². The van der Waals surface area contributed by atoms with Gasteiger partial charge in [0.25, 0.3) is 5.91 Å². The van der Waals surface area contributed by atoms with Crippen LogP contribution in [0.25, 0.3) is 0 Å². The molecule has 0 fully saturated rings. The van der Waals surface area contributed by atoms with Crippen molar-refractivity contribution in [2.24, 2.45) is 0 Å². The van der Waals surface area contributed by atoms with Crippen molar-refractivity contribution in [2.75, 3.05) is 11.9 Å². The molecule has 2 N–H and O–H groups in total. The van der Waals surface area contributed by atoms with Crippen molar-refractivity contribution in [1.29, 1.82) is 0 Å². The minimum atomic E-state index is -0.0917. The Balaban J connectivity index is 1.58. The molecule has 4 nitrogen and oxygen atoms in total. The number of amides is 2. The first-order chi connectivity index (χ1) is 11.1. The highest BCUT2D eigenvalue weighted by atomic mass is 32.2. The summed E-state index contributed by atoms with van der Waals surface area (Å²) in [6, 6.07) is 5.50. The van der Waals surface area contributed by atoms with Crippen LogP contribution in [0.2, 0.25) is 0 Å². The topological polar surface area (TPSA) is 58.2 Å². The molecular weight excluding hydrogens is 308 g/mol. The van der Waals surface area contributed by atoms with Gasteiger partial charge in [-0.1, -0.05) is 11.6 Å². The Hall–Kier alpha value is -1.75. The van der Waals surface area contributed by atoms with Crippen LogP contribution in [0.15, 0.2) is 34.7 Å². The Morgan fingerprint density at radius 2 is 2.26 bits per heavy atom. The molecule has 23 heavy (non-hydrogen) atoms. The maximum atomic E-state index is 12.3. The van der Waals surface area contributed by atoms with Crippen LogP contribution in [0.4, 0.5) is 5.69 Å². The lowest BCUT2D eigenvalue weighted by molar-refractivity contribution is -0.115. The molecular formula is C18H22N2O2S. The second-order valence-electron chi connectivity index (χ2n) is 6.07. The van der Waals surface area contributed by atoms with Gasteiger partial charge in [-0.15, -0.1) is 11.8 Å². The lowest BCUT2D eigenvalue weighted by atomic mass is 9.97. The highest BCUT2D eigenvalue weighted by Gasteiger charge is 2.23. The fourth-order valence-corrected chi connectivity index (χ4v) is 3.85. The molecule has 0 spiro atoms. The summed E-state index contributed by atoms with van der Waals surface area (Å²) in [6.45, 7) is 2.55. The third kappa shape index (κ3) is 3.96. The van der Waals surface area contributed by atoms with Crippen LogP contribution in [0.3, 0.4) is 0 Å². The Morgan fingerprint density at radius 3 is 3.04 bits per heavy atom. The van der Waals surface area contributed by atoms with Gasteiger partial charge in [-0.05, 0) is 57.2 Å². The van der Waals surface area contributed by atoms with Crippen molar-refractivity contribution < 1.29 is 9.59 Å². The van der Waals surface area contributed by atoms with Gasteiger partial charge in [-0.2, -0.15) is 0 Å². The first-order valence-corrected chi connectivity index (χ1v) is 9.09. The van der Waals surface area contributed by atoms with Gasteiger partial charge < -0.3 is 10.6 Å². The van der Waals surface area contributed by atoms with E-state index in [4.69, 9.17) is 0 Å². The SMILES string of the molecule is CC1Sc2ccc(C(=O)NCCC3=CCCCC3)cc2NC1=O. The fourth-order valence-electron chi connectivity index (χ4n) is 2.92. The average Bonchev–Trinajstić information content (AvgIpc) is 2.56. The summed E-state index contributed by atoms with van der Waals surface area (Å²) in [6.07, 6.45) is 8.12. The largest absolute Gasteiger partial charge is 0.352 e. The number of allylic oxidation sites excluding steroid dienone is 1.